The van der Waals surface area contributed by atoms with Crippen LogP contribution >= 0.6 is 11.8 Å². The van der Waals surface area contributed by atoms with Crippen molar-refractivity contribution >= 4 is 17.7 Å². The van der Waals surface area contributed by atoms with Gasteiger partial charge in [-0.3, -0.25) is 4.79 Å². The summed E-state index contributed by atoms with van der Waals surface area (Å²) >= 11 is 1.26. The normalized spacial score (nSPS) is 12.1. The molecule has 0 saturated heterocycles. The van der Waals surface area contributed by atoms with Gasteiger partial charge in [0, 0.05) is 0 Å². The number of amides is 1. The number of benzene rings is 1. The molecule has 0 spiro atoms. The SMILES string of the molecule is CC[C@@H](NC(=O)CSc1nncn1N)c1ccc(C)cc1. The summed E-state index contributed by atoms with van der Waals surface area (Å²) < 4.78 is 1.30. The highest BCUT2D eigenvalue weighted by molar-refractivity contribution is 7.99. The molecule has 7 heteroatoms. The fraction of sp³-hybridized carbons (Fsp3) is 0.357. The van der Waals surface area contributed by atoms with Crippen LogP contribution in [0.2, 0.25) is 0 Å². The molecule has 2 aromatic rings. The summed E-state index contributed by atoms with van der Waals surface area (Å²) in [5.41, 5.74) is 2.32. The first kappa shape index (κ1) is 15.4. The van der Waals surface area contributed by atoms with E-state index in [0.717, 1.165) is 12.0 Å². The Labute approximate surface area is 128 Å². The maximum absolute atomic E-state index is 12.0. The summed E-state index contributed by atoms with van der Waals surface area (Å²) in [6.45, 7) is 4.09. The number of nitrogens with one attached hydrogen (secondary N) is 1. The minimum atomic E-state index is -0.0459. The molecule has 1 atom stereocenters. The van der Waals surface area contributed by atoms with Gasteiger partial charge in [-0.05, 0) is 18.9 Å². The van der Waals surface area contributed by atoms with Crippen molar-refractivity contribution in [3.05, 3.63) is 41.7 Å². The standard InChI is InChI=1S/C14H19N5OS/c1-3-12(11-6-4-10(2)5-7-11)17-13(20)8-21-14-18-16-9-19(14)15/h4-7,9,12H,3,8,15H2,1-2H3,(H,17,20)/t12-/m1/s1. The van der Waals surface area contributed by atoms with Gasteiger partial charge >= 0.3 is 0 Å². The van der Waals surface area contributed by atoms with Gasteiger partial charge in [-0.2, -0.15) is 0 Å². The van der Waals surface area contributed by atoms with Gasteiger partial charge in [-0.25, -0.2) is 4.68 Å². The van der Waals surface area contributed by atoms with Crippen LogP contribution < -0.4 is 11.2 Å². The fourth-order valence-corrected chi connectivity index (χ4v) is 2.57. The van der Waals surface area contributed by atoms with E-state index in [1.807, 2.05) is 19.1 Å². The second-order valence-electron chi connectivity index (χ2n) is 4.75. The summed E-state index contributed by atoms with van der Waals surface area (Å²) in [6, 6.07) is 8.22. The van der Waals surface area contributed by atoms with Crippen LogP contribution in [0.5, 0.6) is 0 Å². The lowest BCUT2D eigenvalue weighted by Gasteiger charge is -2.17. The number of nitrogen functional groups attached to an aromatic ring is 1. The first-order valence-electron chi connectivity index (χ1n) is 6.74. The Kier molecular flexibility index (Phi) is 5.21. The topological polar surface area (TPSA) is 85.8 Å². The van der Waals surface area contributed by atoms with E-state index in [1.54, 1.807) is 0 Å². The zero-order chi connectivity index (χ0) is 15.2. The molecule has 0 aliphatic carbocycles. The molecule has 1 amide bonds. The van der Waals surface area contributed by atoms with E-state index in [0.29, 0.717) is 5.16 Å². The summed E-state index contributed by atoms with van der Waals surface area (Å²) in [4.78, 5) is 12.0. The average molecular weight is 305 g/mol. The Morgan fingerprint density at radius 2 is 2.14 bits per heavy atom. The third kappa shape index (κ3) is 4.22. The molecule has 0 radical (unpaired) electrons. The quantitative estimate of drug-likeness (QED) is 0.626. The smallest absolute Gasteiger partial charge is 0.230 e. The Bertz CT molecular complexity index is 596. The number of hydrogen-bond donors (Lipinski definition) is 2. The third-order valence-electron chi connectivity index (χ3n) is 3.10. The van der Waals surface area contributed by atoms with E-state index in [1.165, 1.54) is 28.3 Å². The van der Waals surface area contributed by atoms with Crippen LogP contribution in [0.25, 0.3) is 0 Å². The van der Waals surface area contributed by atoms with Gasteiger partial charge in [0.05, 0.1) is 11.8 Å². The van der Waals surface area contributed by atoms with Gasteiger partial charge in [-0.1, -0.05) is 48.5 Å². The van der Waals surface area contributed by atoms with Crippen molar-refractivity contribution in [1.82, 2.24) is 20.2 Å². The molecule has 1 aromatic carbocycles. The molecule has 3 N–H and O–H groups in total. The molecule has 0 aliphatic heterocycles. The Hall–Kier alpha value is -2.02. The first-order chi connectivity index (χ1) is 10.1. The lowest BCUT2D eigenvalue weighted by Crippen LogP contribution is -2.29. The highest BCUT2D eigenvalue weighted by Gasteiger charge is 2.13. The number of rotatable bonds is 6. The molecule has 1 heterocycles. The first-order valence-corrected chi connectivity index (χ1v) is 7.72. The van der Waals surface area contributed by atoms with E-state index in [4.69, 9.17) is 5.84 Å². The van der Waals surface area contributed by atoms with Gasteiger partial charge in [0.2, 0.25) is 11.1 Å². The molecule has 0 unspecified atom stereocenters. The minimum Gasteiger partial charge on any atom is -0.349 e. The second kappa shape index (κ2) is 7.12. The molecule has 1 aromatic heterocycles. The highest BCUT2D eigenvalue weighted by atomic mass is 32.2. The number of nitrogens with two attached hydrogens (primary N) is 1. The van der Waals surface area contributed by atoms with Gasteiger partial charge in [0.15, 0.2) is 0 Å². The molecule has 0 aliphatic rings. The van der Waals surface area contributed by atoms with Crippen LogP contribution in [0.15, 0.2) is 35.7 Å². The minimum absolute atomic E-state index is 0.0226. The lowest BCUT2D eigenvalue weighted by atomic mass is 10.0. The third-order valence-corrected chi connectivity index (χ3v) is 4.05. The Morgan fingerprint density at radius 1 is 1.43 bits per heavy atom. The second-order valence-corrected chi connectivity index (χ2v) is 5.69. The maximum atomic E-state index is 12.0. The van der Waals surface area contributed by atoms with E-state index in [9.17, 15) is 4.79 Å². The number of thioether (sulfide) groups is 1. The van der Waals surface area contributed by atoms with Crippen molar-refractivity contribution in [3.63, 3.8) is 0 Å². The van der Waals surface area contributed by atoms with Crippen LogP contribution in [0.4, 0.5) is 0 Å². The molecule has 0 saturated carbocycles. The average Bonchev–Trinajstić information content (AvgIpc) is 2.89. The molecular weight excluding hydrogens is 286 g/mol. The van der Waals surface area contributed by atoms with Crippen LogP contribution in [0.1, 0.15) is 30.5 Å². The van der Waals surface area contributed by atoms with Crippen molar-refractivity contribution < 1.29 is 4.79 Å². The summed E-state index contributed by atoms with van der Waals surface area (Å²) in [5.74, 6) is 5.81. The molecule has 6 nitrogen and oxygen atoms in total. The summed E-state index contributed by atoms with van der Waals surface area (Å²) in [6.07, 6.45) is 2.24. The van der Waals surface area contributed by atoms with Gasteiger partial charge in [0.1, 0.15) is 6.33 Å². The molecule has 0 fully saturated rings. The van der Waals surface area contributed by atoms with Crippen molar-refractivity contribution in [1.29, 1.82) is 0 Å². The van der Waals surface area contributed by atoms with E-state index in [2.05, 4.69) is 34.6 Å². The van der Waals surface area contributed by atoms with Crippen molar-refractivity contribution in [2.75, 3.05) is 11.6 Å². The van der Waals surface area contributed by atoms with Crippen LogP contribution in [0, 0.1) is 6.92 Å². The van der Waals surface area contributed by atoms with E-state index >= 15 is 0 Å². The number of carbonyl (C=O) groups excluding carboxylic acids is 1. The predicted molar refractivity (Wildman–Crippen MR) is 83.3 cm³/mol. The van der Waals surface area contributed by atoms with Gasteiger partial charge < -0.3 is 11.2 Å². The number of nitrogens with zero attached hydrogens (tertiary/aromatic N) is 3. The van der Waals surface area contributed by atoms with Gasteiger partial charge in [-0.15, -0.1) is 10.2 Å². The predicted octanol–water partition coefficient (Wildman–Crippen LogP) is 1.66. The zero-order valence-corrected chi connectivity index (χ0v) is 12.9. The van der Waals surface area contributed by atoms with E-state index in [-0.39, 0.29) is 17.7 Å². The monoisotopic (exact) mass is 305 g/mol. The van der Waals surface area contributed by atoms with Crippen molar-refractivity contribution in [2.45, 2.75) is 31.5 Å². The van der Waals surface area contributed by atoms with Crippen LogP contribution in [-0.4, -0.2) is 26.5 Å². The molecule has 0 bridgehead atoms. The molecule has 2 rings (SSSR count). The maximum Gasteiger partial charge on any atom is 0.230 e. The number of aryl methyl sites for hydroxylation is 1. The Morgan fingerprint density at radius 3 is 2.71 bits per heavy atom. The fourth-order valence-electron chi connectivity index (χ4n) is 1.92. The van der Waals surface area contributed by atoms with E-state index < -0.39 is 0 Å². The molecule has 21 heavy (non-hydrogen) atoms. The largest absolute Gasteiger partial charge is 0.349 e. The number of hydrogen-bond acceptors (Lipinski definition) is 5. The van der Waals surface area contributed by atoms with Crippen LogP contribution in [0.3, 0.4) is 0 Å². The highest BCUT2D eigenvalue weighted by Crippen LogP contribution is 2.18. The lowest BCUT2D eigenvalue weighted by molar-refractivity contribution is -0.119. The number of aromatic nitrogens is 3. The molecule has 112 valence electrons. The summed E-state index contributed by atoms with van der Waals surface area (Å²) in [5, 5.41) is 11.0. The molecular formula is C14H19N5OS. The Balaban J connectivity index is 1.90. The van der Waals surface area contributed by atoms with Crippen molar-refractivity contribution in [3.8, 4) is 0 Å². The van der Waals surface area contributed by atoms with Crippen LogP contribution in [-0.2, 0) is 4.79 Å². The zero-order valence-electron chi connectivity index (χ0n) is 12.1. The summed E-state index contributed by atoms with van der Waals surface area (Å²) in [7, 11) is 0. The van der Waals surface area contributed by atoms with Crippen molar-refractivity contribution in [2.24, 2.45) is 0 Å². The number of carbonyl (C=O) groups is 1. The van der Waals surface area contributed by atoms with Gasteiger partial charge in [0.25, 0.3) is 0 Å².